The van der Waals surface area contributed by atoms with Crippen molar-refractivity contribution >= 4 is 17.6 Å². The van der Waals surface area contributed by atoms with Gasteiger partial charge >= 0.3 is 12.2 Å². The van der Waals surface area contributed by atoms with Crippen molar-refractivity contribution in [2.24, 2.45) is 0 Å². The molecule has 0 unspecified atom stereocenters. The van der Waals surface area contributed by atoms with Crippen molar-refractivity contribution in [3.8, 4) is 0 Å². The van der Waals surface area contributed by atoms with Gasteiger partial charge in [-0.2, -0.15) is 13.2 Å². The Hall–Kier alpha value is -2.05. The predicted molar refractivity (Wildman–Crippen MR) is 61.6 cm³/mol. The number of carbonyl (C=O) groups excluding carboxylic acids is 2. The lowest BCUT2D eigenvalue weighted by Gasteiger charge is -2.19. The summed E-state index contributed by atoms with van der Waals surface area (Å²) in [6.45, 7) is 0.377. The summed E-state index contributed by atoms with van der Waals surface area (Å²) in [7, 11) is 0. The van der Waals surface area contributed by atoms with Crippen LogP contribution in [-0.2, 0) is 11.0 Å². The molecule has 1 aromatic rings. The Morgan fingerprint density at radius 3 is 2.32 bits per heavy atom. The maximum absolute atomic E-state index is 12.4. The van der Waals surface area contributed by atoms with E-state index in [2.05, 4.69) is 5.32 Å². The Bertz CT molecular complexity index is 479. The highest BCUT2D eigenvalue weighted by Gasteiger charge is 2.31. The number of nitrogens with one attached hydrogen (secondary N) is 1. The van der Waals surface area contributed by atoms with Crippen molar-refractivity contribution in [2.45, 2.75) is 19.0 Å². The molecular weight excluding hydrogens is 261 g/mol. The first-order valence-electron chi connectivity index (χ1n) is 5.67. The van der Waals surface area contributed by atoms with Crippen molar-refractivity contribution < 1.29 is 22.8 Å². The standard InChI is InChI=1S/C12H11F3N2O2/c13-12(14,15)8-3-5-9(6-4-8)17-10(18)2-1-7-16-11(17)19/h3-6H,1-2,7H2,(H,16,19). The monoisotopic (exact) mass is 272 g/mol. The van der Waals surface area contributed by atoms with Crippen LogP contribution in [-0.4, -0.2) is 18.5 Å². The van der Waals surface area contributed by atoms with Gasteiger partial charge in [-0.25, -0.2) is 9.69 Å². The molecule has 0 aliphatic carbocycles. The number of carbonyl (C=O) groups is 2. The molecule has 0 bridgehead atoms. The third-order valence-corrected chi connectivity index (χ3v) is 2.75. The number of urea groups is 1. The van der Waals surface area contributed by atoms with Gasteiger partial charge < -0.3 is 5.32 Å². The number of rotatable bonds is 1. The van der Waals surface area contributed by atoms with E-state index in [-0.39, 0.29) is 12.1 Å². The van der Waals surface area contributed by atoms with Crippen LogP contribution in [0.5, 0.6) is 0 Å². The maximum Gasteiger partial charge on any atom is 0.416 e. The highest BCUT2D eigenvalue weighted by atomic mass is 19.4. The molecule has 1 heterocycles. The van der Waals surface area contributed by atoms with E-state index in [1.54, 1.807) is 0 Å². The summed E-state index contributed by atoms with van der Waals surface area (Å²) < 4.78 is 37.3. The molecule has 0 atom stereocenters. The highest BCUT2D eigenvalue weighted by molar-refractivity contribution is 6.14. The second-order valence-electron chi connectivity index (χ2n) is 4.11. The fraction of sp³-hybridized carbons (Fsp3) is 0.333. The number of alkyl halides is 3. The minimum absolute atomic E-state index is 0.136. The van der Waals surface area contributed by atoms with Crippen LogP contribution in [0.4, 0.5) is 23.7 Å². The van der Waals surface area contributed by atoms with E-state index >= 15 is 0 Å². The second kappa shape index (κ2) is 4.91. The van der Waals surface area contributed by atoms with E-state index in [1.165, 1.54) is 0 Å². The van der Waals surface area contributed by atoms with E-state index in [1.807, 2.05) is 0 Å². The van der Waals surface area contributed by atoms with Crippen molar-refractivity contribution in [3.05, 3.63) is 29.8 Å². The average molecular weight is 272 g/mol. The van der Waals surface area contributed by atoms with Crippen LogP contribution in [0.2, 0.25) is 0 Å². The van der Waals surface area contributed by atoms with Crippen LogP contribution in [0, 0.1) is 0 Å². The molecule has 1 aliphatic rings. The molecule has 1 aromatic carbocycles. The lowest BCUT2D eigenvalue weighted by Crippen LogP contribution is -2.41. The van der Waals surface area contributed by atoms with E-state index in [9.17, 15) is 22.8 Å². The number of nitrogens with zero attached hydrogens (tertiary/aromatic N) is 1. The van der Waals surface area contributed by atoms with Gasteiger partial charge in [-0.05, 0) is 30.7 Å². The van der Waals surface area contributed by atoms with Crippen molar-refractivity contribution in [2.75, 3.05) is 11.4 Å². The van der Waals surface area contributed by atoms with Crippen molar-refractivity contribution in [1.82, 2.24) is 5.32 Å². The van der Waals surface area contributed by atoms with Crippen LogP contribution in [0.25, 0.3) is 0 Å². The van der Waals surface area contributed by atoms with Crippen LogP contribution in [0.15, 0.2) is 24.3 Å². The van der Waals surface area contributed by atoms with Crippen LogP contribution in [0.3, 0.4) is 0 Å². The first-order chi connectivity index (χ1) is 8.89. The van der Waals surface area contributed by atoms with Crippen molar-refractivity contribution in [3.63, 3.8) is 0 Å². The predicted octanol–water partition coefficient (Wildman–Crippen LogP) is 2.54. The number of amides is 3. The van der Waals surface area contributed by atoms with Crippen LogP contribution in [0.1, 0.15) is 18.4 Å². The molecule has 19 heavy (non-hydrogen) atoms. The summed E-state index contributed by atoms with van der Waals surface area (Å²) in [5, 5.41) is 2.51. The molecule has 1 saturated heterocycles. The summed E-state index contributed by atoms with van der Waals surface area (Å²) in [5.41, 5.74) is -0.684. The zero-order valence-corrected chi connectivity index (χ0v) is 9.83. The van der Waals surface area contributed by atoms with Crippen LogP contribution < -0.4 is 10.2 Å². The topological polar surface area (TPSA) is 49.4 Å². The number of imide groups is 1. The molecule has 4 nitrogen and oxygen atoms in total. The third-order valence-electron chi connectivity index (χ3n) is 2.75. The Balaban J connectivity index is 2.30. The molecule has 0 saturated carbocycles. The Kier molecular flexibility index (Phi) is 3.46. The molecular formula is C12H11F3N2O2. The van der Waals surface area contributed by atoms with Gasteiger partial charge in [0.15, 0.2) is 0 Å². The number of anilines is 1. The molecule has 1 fully saturated rings. The molecule has 0 radical (unpaired) electrons. The molecule has 102 valence electrons. The fourth-order valence-electron chi connectivity index (χ4n) is 1.80. The van der Waals surface area contributed by atoms with Gasteiger partial charge in [0.25, 0.3) is 0 Å². The van der Waals surface area contributed by atoms with Gasteiger partial charge in [-0.1, -0.05) is 0 Å². The normalized spacial score (nSPS) is 17.1. The molecule has 2 rings (SSSR count). The van der Waals surface area contributed by atoms with E-state index < -0.39 is 23.7 Å². The maximum atomic E-state index is 12.4. The lowest BCUT2D eigenvalue weighted by atomic mass is 10.2. The molecule has 1 N–H and O–H groups in total. The summed E-state index contributed by atoms with van der Waals surface area (Å²) in [5.74, 6) is -0.422. The summed E-state index contributed by atoms with van der Waals surface area (Å²) in [6, 6.07) is 3.32. The van der Waals surface area contributed by atoms with E-state index in [0.29, 0.717) is 13.0 Å². The highest BCUT2D eigenvalue weighted by Crippen LogP contribution is 2.30. The average Bonchev–Trinajstić information content (AvgIpc) is 2.50. The third kappa shape index (κ3) is 2.86. The zero-order chi connectivity index (χ0) is 14.0. The quantitative estimate of drug-likeness (QED) is 0.854. The Morgan fingerprint density at radius 1 is 1.11 bits per heavy atom. The van der Waals surface area contributed by atoms with E-state index in [0.717, 1.165) is 29.2 Å². The van der Waals surface area contributed by atoms with Gasteiger partial charge in [0.1, 0.15) is 0 Å². The zero-order valence-electron chi connectivity index (χ0n) is 9.83. The first kappa shape index (κ1) is 13.4. The molecule has 0 spiro atoms. The molecule has 7 heteroatoms. The Morgan fingerprint density at radius 2 is 1.74 bits per heavy atom. The smallest absolute Gasteiger partial charge is 0.337 e. The van der Waals surface area contributed by atoms with E-state index in [4.69, 9.17) is 0 Å². The number of halogens is 3. The SMILES string of the molecule is O=C1CCCNC(=O)N1c1ccc(C(F)(F)F)cc1. The Labute approximate surface area is 107 Å². The summed E-state index contributed by atoms with van der Waals surface area (Å²) >= 11 is 0. The number of hydrogen-bond acceptors (Lipinski definition) is 2. The number of hydrogen-bond donors (Lipinski definition) is 1. The number of benzene rings is 1. The summed E-state index contributed by atoms with van der Waals surface area (Å²) in [6.07, 6.45) is -3.74. The summed E-state index contributed by atoms with van der Waals surface area (Å²) in [4.78, 5) is 24.3. The molecule has 3 amide bonds. The minimum atomic E-state index is -4.44. The molecule has 0 aromatic heterocycles. The van der Waals surface area contributed by atoms with Gasteiger partial charge in [0.05, 0.1) is 11.3 Å². The van der Waals surface area contributed by atoms with Gasteiger partial charge in [0.2, 0.25) is 5.91 Å². The largest absolute Gasteiger partial charge is 0.416 e. The van der Waals surface area contributed by atoms with Gasteiger partial charge in [0, 0.05) is 13.0 Å². The first-order valence-corrected chi connectivity index (χ1v) is 5.67. The van der Waals surface area contributed by atoms with Gasteiger partial charge in [-0.15, -0.1) is 0 Å². The lowest BCUT2D eigenvalue weighted by molar-refractivity contribution is -0.137. The fourth-order valence-corrected chi connectivity index (χ4v) is 1.80. The van der Waals surface area contributed by atoms with Crippen LogP contribution >= 0.6 is 0 Å². The van der Waals surface area contributed by atoms with Gasteiger partial charge in [-0.3, -0.25) is 4.79 Å². The minimum Gasteiger partial charge on any atom is -0.337 e. The molecule has 1 aliphatic heterocycles. The second-order valence-corrected chi connectivity index (χ2v) is 4.11. The van der Waals surface area contributed by atoms with Crippen molar-refractivity contribution in [1.29, 1.82) is 0 Å².